The summed E-state index contributed by atoms with van der Waals surface area (Å²) in [6.45, 7) is 6.19. The standard InChI is InChI=1S/C7H13NO4S.Na.H/c1-4-6(9)8-7(2,3)5-13(10,11)12;;/h4H,1,5H2,2-3H3,(H,8,9)(H,10,11,12);;. The Balaban J connectivity index is 0. The summed E-state index contributed by atoms with van der Waals surface area (Å²) in [5.41, 5.74) is -1.00. The number of rotatable bonds is 4. The Morgan fingerprint density at radius 3 is 2.29 bits per heavy atom. The van der Waals surface area contributed by atoms with Gasteiger partial charge in [-0.3, -0.25) is 9.35 Å². The molecule has 0 saturated heterocycles. The first kappa shape index (κ1) is 16.5. The molecule has 0 rings (SSSR count). The van der Waals surface area contributed by atoms with Gasteiger partial charge in [0.1, 0.15) is 0 Å². The van der Waals surface area contributed by atoms with E-state index >= 15 is 0 Å². The molecule has 0 aromatic carbocycles. The normalized spacial score (nSPS) is 11.4. The fourth-order valence-electron chi connectivity index (χ4n) is 0.877. The van der Waals surface area contributed by atoms with Gasteiger partial charge < -0.3 is 5.32 Å². The maximum atomic E-state index is 10.8. The number of amides is 1. The molecule has 0 heterocycles. The van der Waals surface area contributed by atoms with Crippen LogP contribution in [0.3, 0.4) is 0 Å². The van der Waals surface area contributed by atoms with Gasteiger partial charge in [0.2, 0.25) is 5.91 Å². The predicted octanol–water partition coefficient (Wildman–Crippen LogP) is -0.693. The monoisotopic (exact) mass is 231 g/mol. The van der Waals surface area contributed by atoms with Gasteiger partial charge in [0.25, 0.3) is 10.1 Å². The molecule has 0 spiro atoms. The molecule has 0 fully saturated rings. The van der Waals surface area contributed by atoms with Crippen LogP contribution in [0.5, 0.6) is 0 Å². The Labute approximate surface area is 106 Å². The first-order valence-corrected chi connectivity index (χ1v) is 5.17. The molecule has 78 valence electrons. The summed E-state index contributed by atoms with van der Waals surface area (Å²) in [6, 6.07) is 0. The maximum absolute atomic E-state index is 10.8. The van der Waals surface area contributed by atoms with Gasteiger partial charge in [-0.1, -0.05) is 6.58 Å². The van der Waals surface area contributed by atoms with E-state index in [9.17, 15) is 13.2 Å². The van der Waals surface area contributed by atoms with Crippen LogP contribution in [-0.4, -0.2) is 59.7 Å². The van der Waals surface area contributed by atoms with Crippen molar-refractivity contribution in [2.45, 2.75) is 19.4 Å². The van der Waals surface area contributed by atoms with Crippen LogP contribution in [0.15, 0.2) is 12.7 Å². The van der Waals surface area contributed by atoms with Crippen LogP contribution in [0.4, 0.5) is 0 Å². The number of hydrogen-bond donors (Lipinski definition) is 2. The van der Waals surface area contributed by atoms with Gasteiger partial charge >= 0.3 is 29.6 Å². The number of carbonyl (C=O) groups is 1. The van der Waals surface area contributed by atoms with E-state index in [1.165, 1.54) is 13.8 Å². The molecular formula is C7H14NNaO4S. The number of hydrogen-bond acceptors (Lipinski definition) is 3. The summed E-state index contributed by atoms with van der Waals surface area (Å²) < 4.78 is 29.5. The van der Waals surface area contributed by atoms with E-state index in [1.807, 2.05) is 0 Å². The minimum absolute atomic E-state index is 0. The van der Waals surface area contributed by atoms with Crippen molar-refractivity contribution in [2.24, 2.45) is 0 Å². The summed E-state index contributed by atoms with van der Waals surface area (Å²) in [5.74, 6) is -1.01. The Bertz CT molecular complexity index is 310. The molecule has 0 radical (unpaired) electrons. The molecule has 0 saturated carbocycles. The van der Waals surface area contributed by atoms with Crippen molar-refractivity contribution in [3.63, 3.8) is 0 Å². The van der Waals surface area contributed by atoms with Crippen molar-refractivity contribution in [3.8, 4) is 0 Å². The van der Waals surface area contributed by atoms with Crippen LogP contribution in [-0.2, 0) is 14.9 Å². The van der Waals surface area contributed by atoms with Crippen molar-refractivity contribution in [2.75, 3.05) is 5.75 Å². The third kappa shape index (κ3) is 8.71. The van der Waals surface area contributed by atoms with Crippen LogP contribution in [0.2, 0.25) is 0 Å². The molecule has 14 heavy (non-hydrogen) atoms. The van der Waals surface area contributed by atoms with Gasteiger partial charge in [-0.05, 0) is 19.9 Å². The van der Waals surface area contributed by atoms with Crippen molar-refractivity contribution >= 4 is 45.6 Å². The van der Waals surface area contributed by atoms with Crippen molar-refractivity contribution in [1.29, 1.82) is 0 Å². The van der Waals surface area contributed by atoms with Gasteiger partial charge in [-0.25, -0.2) is 0 Å². The molecule has 0 unspecified atom stereocenters. The SMILES string of the molecule is C=CC(=O)NC(C)(C)CS(=O)(=O)O.[NaH]. The second-order valence-electron chi connectivity index (χ2n) is 3.30. The number of nitrogens with one attached hydrogen (secondary N) is 1. The van der Waals surface area contributed by atoms with Crippen LogP contribution < -0.4 is 5.32 Å². The Morgan fingerprint density at radius 2 is 2.00 bits per heavy atom. The molecule has 5 nitrogen and oxygen atoms in total. The van der Waals surface area contributed by atoms with Crippen LogP contribution in [0.1, 0.15) is 13.8 Å². The van der Waals surface area contributed by atoms with Crippen LogP contribution >= 0.6 is 0 Å². The fraction of sp³-hybridized carbons (Fsp3) is 0.571. The second-order valence-corrected chi connectivity index (χ2v) is 4.76. The zero-order valence-electron chi connectivity index (χ0n) is 7.57. The third-order valence-corrected chi connectivity index (χ3v) is 2.28. The summed E-state index contributed by atoms with van der Waals surface area (Å²) in [6.07, 6.45) is 1.03. The average molecular weight is 231 g/mol. The van der Waals surface area contributed by atoms with E-state index in [4.69, 9.17) is 4.55 Å². The third-order valence-electron chi connectivity index (χ3n) is 1.19. The Hall–Kier alpha value is 0.120. The van der Waals surface area contributed by atoms with Crippen molar-refractivity contribution in [1.82, 2.24) is 5.32 Å². The number of carbonyl (C=O) groups excluding carboxylic acids is 1. The molecule has 1 amide bonds. The molecule has 0 aliphatic rings. The summed E-state index contributed by atoms with van der Waals surface area (Å²) >= 11 is 0. The van der Waals surface area contributed by atoms with Gasteiger partial charge in [0.15, 0.2) is 0 Å². The van der Waals surface area contributed by atoms with E-state index in [-0.39, 0.29) is 29.6 Å². The van der Waals surface area contributed by atoms with Gasteiger partial charge in [-0.15, -0.1) is 0 Å². The molecule has 0 aromatic heterocycles. The molecule has 0 aliphatic carbocycles. The molecule has 0 aromatic rings. The second kappa shape index (κ2) is 5.87. The first-order valence-electron chi connectivity index (χ1n) is 3.56. The summed E-state index contributed by atoms with van der Waals surface area (Å²) in [4.78, 5) is 10.8. The molecule has 0 bridgehead atoms. The van der Waals surface area contributed by atoms with Crippen molar-refractivity contribution < 1.29 is 17.8 Å². The fourth-order valence-corrected chi connectivity index (χ4v) is 1.86. The minimum atomic E-state index is -4.08. The van der Waals surface area contributed by atoms with Crippen LogP contribution in [0.25, 0.3) is 0 Å². The molecule has 2 N–H and O–H groups in total. The topological polar surface area (TPSA) is 83.5 Å². The van der Waals surface area contributed by atoms with E-state index in [2.05, 4.69) is 11.9 Å². The quantitative estimate of drug-likeness (QED) is 0.381. The molecule has 0 atom stereocenters. The zero-order chi connectivity index (χ0) is 10.7. The first-order chi connectivity index (χ1) is 5.66. The van der Waals surface area contributed by atoms with E-state index < -0.39 is 27.3 Å². The summed E-state index contributed by atoms with van der Waals surface area (Å²) in [7, 11) is -4.08. The van der Waals surface area contributed by atoms with E-state index in [0.29, 0.717) is 0 Å². The Kier molecular flexibility index (Phi) is 6.94. The summed E-state index contributed by atoms with van der Waals surface area (Å²) in [5, 5.41) is 2.37. The van der Waals surface area contributed by atoms with Crippen molar-refractivity contribution in [3.05, 3.63) is 12.7 Å². The van der Waals surface area contributed by atoms with Crippen LogP contribution in [0, 0.1) is 0 Å². The van der Waals surface area contributed by atoms with Gasteiger partial charge in [0.05, 0.1) is 11.3 Å². The van der Waals surface area contributed by atoms with Gasteiger partial charge in [-0.2, -0.15) is 8.42 Å². The van der Waals surface area contributed by atoms with E-state index in [0.717, 1.165) is 6.08 Å². The molecular weight excluding hydrogens is 217 g/mol. The average Bonchev–Trinajstić information content (AvgIpc) is 1.80. The predicted molar refractivity (Wildman–Crippen MR) is 56.0 cm³/mol. The van der Waals surface area contributed by atoms with Gasteiger partial charge in [0, 0.05) is 0 Å². The van der Waals surface area contributed by atoms with E-state index in [1.54, 1.807) is 0 Å². The Morgan fingerprint density at radius 1 is 1.57 bits per heavy atom. The molecule has 7 heteroatoms. The molecule has 0 aliphatic heterocycles. The zero-order valence-corrected chi connectivity index (χ0v) is 8.39.